The molecule has 1 saturated carbocycles. The van der Waals surface area contributed by atoms with Crippen molar-refractivity contribution in [1.29, 1.82) is 0 Å². The third-order valence-electron chi connectivity index (χ3n) is 8.76. The van der Waals surface area contributed by atoms with Crippen LogP contribution in [0.2, 0.25) is 10.0 Å². The molecule has 2 atom stereocenters. The molecule has 7 rings (SSSR count). The SMILES string of the molecule is COc1nc(-c2cccc(-c3cccc(Nc4nccc5cnn(C)c(=O)c45)c3Cl)c2Cl)ccc1CN1CC2C(C1)C2C(=O)O. The van der Waals surface area contributed by atoms with Crippen molar-refractivity contribution in [3.63, 3.8) is 0 Å². The molecule has 0 bridgehead atoms. The maximum atomic E-state index is 12.9. The van der Waals surface area contributed by atoms with Gasteiger partial charge in [0.05, 0.1) is 46.0 Å². The van der Waals surface area contributed by atoms with E-state index in [1.54, 1.807) is 32.6 Å². The van der Waals surface area contributed by atoms with Gasteiger partial charge in [0.2, 0.25) is 5.88 Å². The van der Waals surface area contributed by atoms with Crippen LogP contribution in [0.3, 0.4) is 0 Å². The van der Waals surface area contributed by atoms with E-state index in [0.29, 0.717) is 67.1 Å². The number of carbonyl (C=O) groups is 1. The molecular formula is C33H28Cl2N6O4. The normalized spacial score (nSPS) is 19.0. The molecule has 1 saturated heterocycles. The van der Waals surface area contributed by atoms with Crippen molar-refractivity contribution in [3.8, 4) is 28.3 Å². The summed E-state index contributed by atoms with van der Waals surface area (Å²) in [6.45, 7) is 2.16. The summed E-state index contributed by atoms with van der Waals surface area (Å²) in [5.74, 6) is 0.440. The number of aryl methyl sites for hydroxylation is 1. The molecule has 2 aliphatic rings. The molecule has 4 heterocycles. The van der Waals surface area contributed by atoms with Crippen LogP contribution in [-0.2, 0) is 18.4 Å². The van der Waals surface area contributed by atoms with Crippen LogP contribution < -0.4 is 15.6 Å². The zero-order valence-corrected chi connectivity index (χ0v) is 25.9. The third kappa shape index (κ3) is 5.18. The minimum Gasteiger partial charge on any atom is -0.481 e. The monoisotopic (exact) mass is 642 g/mol. The number of nitrogens with zero attached hydrogens (tertiary/aromatic N) is 5. The van der Waals surface area contributed by atoms with Crippen LogP contribution in [0.1, 0.15) is 5.56 Å². The zero-order valence-electron chi connectivity index (χ0n) is 24.4. The summed E-state index contributed by atoms with van der Waals surface area (Å²) < 4.78 is 6.93. The van der Waals surface area contributed by atoms with Gasteiger partial charge in [-0.25, -0.2) is 14.6 Å². The summed E-state index contributed by atoms with van der Waals surface area (Å²) in [6.07, 6.45) is 3.23. The van der Waals surface area contributed by atoms with E-state index in [4.69, 9.17) is 32.9 Å². The highest BCUT2D eigenvalue weighted by Crippen LogP contribution is 2.52. The molecule has 0 amide bonds. The number of rotatable bonds is 8. The first-order valence-electron chi connectivity index (χ1n) is 14.4. The van der Waals surface area contributed by atoms with E-state index in [2.05, 4.69) is 20.3 Å². The van der Waals surface area contributed by atoms with Crippen LogP contribution in [0, 0.1) is 17.8 Å². The van der Waals surface area contributed by atoms with E-state index in [9.17, 15) is 14.7 Å². The van der Waals surface area contributed by atoms with Gasteiger partial charge in [0, 0.05) is 60.5 Å². The standard InChI is InChI=1S/C33H28Cl2N6O4/c1-40-32(42)26-17(13-37-40)11-12-36-30(26)38-25-8-4-6-20(29(25)35)19-5-3-7-21(28(19)34)24-10-9-18(31(39-24)45-2)14-41-15-22-23(16-41)27(22)33(43)44/h3-13,22-23,27H,14-16H2,1-2H3,(H,36,38)(H,43,44). The number of ether oxygens (including phenoxy) is 1. The Morgan fingerprint density at radius 3 is 2.47 bits per heavy atom. The number of fused-ring (bicyclic) bond motifs is 2. The van der Waals surface area contributed by atoms with Crippen molar-refractivity contribution in [3.05, 3.63) is 93.0 Å². The van der Waals surface area contributed by atoms with Gasteiger partial charge < -0.3 is 15.2 Å². The molecule has 12 heteroatoms. The van der Waals surface area contributed by atoms with Crippen LogP contribution in [0.5, 0.6) is 5.88 Å². The molecule has 2 unspecified atom stereocenters. The van der Waals surface area contributed by atoms with Gasteiger partial charge in [0.15, 0.2) is 0 Å². The molecule has 228 valence electrons. The molecule has 2 N–H and O–H groups in total. The second-order valence-corrected chi connectivity index (χ2v) is 12.2. The number of hydrogen-bond acceptors (Lipinski definition) is 8. The molecule has 1 aliphatic heterocycles. The molecule has 2 aromatic carbocycles. The van der Waals surface area contributed by atoms with Gasteiger partial charge in [0.1, 0.15) is 5.82 Å². The minimum absolute atomic E-state index is 0.204. The number of nitrogens with one attached hydrogen (secondary N) is 1. The Kier molecular flexibility index (Phi) is 7.43. The molecule has 1 aliphatic carbocycles. The number of halogens is 2. The van der Waals surface area contributed by atoms with Crippen LogP contribution in [-0.4, -0.2) is 55.9 Å². The predicted octanol–water partition coefficient (Wildman–Crippen LogP) is 5.88. The molecular weight excluding hydrogens is 615 g/mol. The van der Waals surface area contributed by atoms with Gasteiger partial charge in [-0.3, -0.25) is 14.5 Å². The second kappa shape index (κ2) is 11.4. The van der Waals surface area contributed by atoms with Gasteiger partial charge in [0.25, 0.3) is 5.56 Å². The Morgan fingerprint density at radius 2 is 1.73 bits per heavy atom. The van der Waals surface area contributed by atoms with E-state index in [-0.39, 0.29) is 23.3 Å². The van der Waals surface area contributed by atoms with Crippen molar-refractivity contribution in [2.24, 2.45) is 24.8 Å². The van der Waals surface area contributed by atoms with Crippen molar-refractivity contribution in [2.45, 2.75) is 6.54 Å². The number of benzene rings is 2. The smallest absolute Gasteiger partial charge is 0.307 e. The van der Waals surface area contributed by atoms with Gasteiger partial charge in [-0.2, -0.15) is 5.10 Å². The third-order valence-corrected chi connectivity index (χ3v) is 9.57. The number of likely N-dealkylation sites (tertiary alicyclic amines) is 1. The summed E-state index contributed by atoms with van der Waals surface area (Å²) in [6, 6.07) is 16.9. The molecule has 0 spiro atoms. The lowest BCUT2D eigenvalue weighted by atomic mass is 10.00. The van der Waals surface area contributed by atoms with E-state index in [0.717, 1.165) is 18.7 Å². The number of aromatic nitrogens is 4. The summed E-state index contributed by atoms with van der Waals surface area (Å²) in [4.78, 5) is 35.7. The lowest BCUT2D eigenvalue weighted by molar-refractivity contribution is -0.139. The average Bonchev–Trinajstić information content (AvgIpc) is 3.56. The van der Waals surface area contributed by atoms with Gasteiger partial charge in [-0.15, -0.1) is 0 Å². The average molecular weight is 644 g/mol. The number of anilines is 2. The number of carboxylic acids is 1. The van der Waals surface area contributed by atoms with Crippen LogP contribution in [0.4, 0.5) is 11.5 Å². The first-order valence-corrected chi connectivity index (χ1v) is 15.2. The molecule has 45 heavy (non-hydrogen) atoms. The fourth-order valence-electron chi connectivity index (χ4n) is 6.44. The highest BCUT2D eigenvalue weighted by atomic mass is 35.5. The fourth-order valence-corrected chi connectivity index (χ4v) is 7.03. The maximum absolute atomic E-state index is 12.9. The number of pyridine rings is 2. The zero-order chi connectivity index (χ0) is 31.4. The number of hydrogen-bond donors (Lipinski definition) is 2. The first kappa shape index (κ1) is 29.2. The number of aliphatic carboxylic acids is 1. The highest BCUT2D eigenvalue weighted by Gasteiger charge is 2.59. The Hall–Kier alpha value is -4.51. The predicted molar refractivity (Wildman–Crippen MR) is 173 cm³/mol. The van der Waals surface area contributed by atoms with Crippen molar-refractivity contribution in [1.82, 2.24) is 24.6 Å². The number of piperidine rings is 1. The first-order chi connectivity index (χ1) is 21.7. The largest absolute Gasteiger partial charge is 0.481 e. The number of carboxylic acid groups (broad SMARTS) is 1. The lowest BCUT2D eigenvalue weighted by Gasteiger charge is -2.20. The van der Waals surface area contributed by atoms with E-state index < -0.39 is 5.97 Å². The van der Waals surface area contributed by atoms with Crippen LogP contribution >= 0.6 is 23.2 Å². The lowest BCUT2D eigenvalue weighted by Crippen LogP contribution is -2.26. The van der Waals surface area contributed by atoms with Crippen molar-refractivity contribution >= 4 is 51.4 Å². The van der Waals surface area contributed by atoms with Gasteiger partial charge >= 0.3 is 5.97 Å². The fraction of sp³-hybridized carbons (Fsp3) is 0.242. The van der Waals surface area contributed by atoms with Crippen LogP contribution in [0.25, 0.3) is 33.2 Å². The Bertz CT molecular complexity index is 2040. The molecule has 10 nitrogen and oxygen atoms in total. The molecule has 2 fully saturated rings. The van der Waals surface area contributed by atoms with Crippen molar-refractivity contribution < 1.29 is 14.6 Å². The summed E-state index contributed by atoms with van der Waals surface area (Å²) in [5.41, 5.74) is 3.98. The maximum Gasteiger partial charge on any atom is 0.307 e. The summed E-state index contributed by atoms with van der Waals surface area (Å²) in [7, 11) is 3.18. The van der Waals surface area contributed by atoms with Gasteiger partial charge in [-0.05, 0) is 30.0 Å². The van der Waals surface area contributed by atoms with Crippen LogP contribution in [0.15, 0.2) is 71.8 Å². The van der Waals surface area contributed by atoms with Crippen molar-refractivity contribution in [2.75, 3.05) is 25.5 Å². The Balaban J connectivity index is 1.17. The minimum atomic E-state index is -0.691. The topological polar surface area (TPSA) is 122 Å². The summed E-state index contributed by atoms with van der Waals surface area (Å²) >= 11 is 14.0. The van der Waals surface area contributed by atoms with E-state index in [1.165, 1.54) is 4.68 Å². The second-order valence-electron chi connectivity index (χ2n) is 11.4. The molecule has 3 aromatic heterocycles. The van der Waals surface area contributed by atoms with E-state index >= 15 is 0 Å². The Labute approximate surface area is 268 Å². The van der Waals surface area contributed by atoms with E-state index in [1.807, 2.05) is 48.5 Å². The molecule has 0 radical (unpaired) electrons. The quantitative estimate of drug-likeness (QED) is 0.214. The number of methoxy groups -OCH3 is 1. The van der Waals surface area contributed by atoms with Gasteiger partial charge in [-0.1, -0.05) is 59.6 Å². The Morgan fingerprint density at radius 1 is 1.02 bits per heavy atom. The highest BCUT2D eigenvalue weighted by molar-refractivity contribution is 6.39. The molecule has 5 aromatic rings. The summed E-state index contributed by atoms with van der Waals surface area (Å²) in [5, 5.41) is 18.6.